The summed E-state index contributed by atoms with van der Waals surface area (Å²) in [7, 11) is 4.79. The maximum absolute atomic E-state index is 13.1. The van der Waals surface area contributed by atoms with Gasteiger partial charge in [-0.15, -0.1) is 0 Å². The Morgan fingerprint density at radius 3 is 2.03 bits per heavy atom. The van der Waals surface area contributed by atoms with Crippen LogP contribution in [0.15, 0.2) is 60.7 Å². The zero-order chi connectivity index (χ0) is 21.8. The molecule has 1 heterocycles. The van der Waals surface area contributed by atoms with Crippen LogP contribution in [0.1, 0.15) is 32.6 Å². The van der Waals surface area contributed by atoms with Gasteiger partial charge in [0.2, 0.25) is 0 Å². The van der Waals surface area contributed by atoms with Crippen molar-refractivity contribution < 1.29 is 19.0 Å². The zero-order valence-electron chi connectivity index (χ0n) is 17.8. The van der Waals surface area contributed by atoms with Crippen LogP contribution in [-0.2, 0) is 13.1 Å². The molecule has 0 unspecified atom stereocenters. The Kier molecular flexibility index (Phi) is 5.81. The van der Waals surface area contributed by atoms with Crippen molar-refractivity contribution in [1.29, 1.82) is 0 Å². The Balaban J connectivity index is 1.62. The third-order valence-electron chi connectivity index (χ3n) is 5.27. The summed E-state index contributed by atoms with van der Waals surface area (Å²) in [6.07, 6.45) is 0. The summed E-state index contributed by atoms with van der Waals surface area (Å²) in [6.45, 7) is 1.23. The van der Waals surface area contributed by atoms with Gasteiger partial charge in [-0.1, -0.05) is 36.1 Å². The molecule has 3 aromatic rings. The first-order chi connectivity index (χ1) is 15.1. The van der Waals surface area contributed by atoms with Crippen LogP contribution in [0.2, 0.25) is 0 Å². The fourth-order valence-corrected chi connectivity index (χ4v) is 3.62. The average Bonchev–Trinajstić information content (AvgIpc) is 3.26. The fourth-order valence-electron chi connectivity index (χ4n) is 3.62. The first kappa shape index (κ1) is 20.4. The van der Waals surface area contributed by atoms with Gasteiger partial charge in [0, 0.05) is 30.3 Å². The van der Waals surface area contributed by atoms with E-state index in [1.54, 1.807) is 45.6 Å². The van der Waals surface area contributed by atoms with E-state index in [0.717, 1.165) is 5.56 Å². The van der Waals surface area contributed by atoms with Crippen LogP contribution >= 0.6 is 0 Å². The summed E-state index contributed by atoms with van der Waals surface area (Å²) >= 11 is 0. The van der Waals surface area contributed by atoms with Crippen molar-refractivity contribution in [1.82, 2.24) is 4.90 Å². The van der Waals surface area contributed by atoms with E-state index in [9.17, 15) is 4.79 Å². The highest BCUT2D eigenvalue weighted by Crippen LogP contribution is 2.26. The number of carbonyl (C=O) groups excluding carboxylic acids is 1. The molecule has 1 aliphatic rings. The third-order valence-corrected chi connectivity index (χ3v) is 5.27. The van der Waals surface area contributed by atoms with Gasteiger partial charge in [0.25, 0.3) is 5.91 Å². The summed E-state index contributed by atoms with van der Waals surface area (Å²) < 4.78 is 16.1. The molecule has 0 radical (unpaired) electrons. The van der Waals surface area contributed by atoms with Gasteiger partial charge in [0.1, 0.15) is 17.2 Å². The standard InChI is InChI=1S/C26H23NO4/c1-29-23-12-18(13-24(15-23)30-2)8-9-19-14-20(10-11-25(19)31-3)26(28)27-16-21-6-4-5-7-22(21)17-27/h4-7,10-15H,16-17H2,1-3H3. The molecular formula is C26H23NO4. The molecule has 5 heteroatoms. The summed E-state index contributed by atoms with van der Waals surface area (Å²) in [5.41, 5.74) is 4.35. The maximum Gasteiger partial charge on any atom is 0.254 e. The van der Waals surface area contributed by atoms with Gasteiger partial charge >= 0.3 is 0 Å². The largest absolute Gasteiger partial charge is 0.497 e. The van der Waals surface area contributed by atoms with Crippen LogP contribution in [0, 0.1) is 11.8 Å². The van der Waals surface area contributed by atoms with Crippen molar-refractivity contribution in [2.24, 2.45) is 0 Å². The molecule has 3 aromatic carbocycles. The number of nitrogens with zero attached hydrogens (tertiary/aromatic N) is 1. The van der Waals surface area contributed by atoms with E-state index < -0.39 is 0 Å². The summed E-state index contributed by atoms with van der Waals surface area (Å²) in [5, 5.41) is 0. The van der Waals surface area contributed by atoms with Crippen molar-refractivity contribution in [3.8, 4) is 29.1 Å². The Labute approximate surface area is 182 Å². The van der Waals surface area contributed by atoms with E-state index in [4.69, 9.17) is 14.2 Å². The van der Waals surface area contributed by atoms with Crippen molar-refractivity contribution in [2.45, 2.75) is 13.1 Å². The Bertz CT molecular complexity index is 1140. The van der Waals surface area contributed by atoms with Crippen molar-refractivity contribution in [2.75, 3.05) is 21.3 Å². The van der Waals surface area contributed by atoms with Gasteiger partial charge in [-0.25, -0.2) is 0 Å². The van der Waals surface area contributed by atoms with Gasteiger partial charge < -0.3 is 19.1 Å². The summed E-state index contributed by atoms with van der Waals surface area (Å²) in [4.78, 5) is 15.0. The molecule has 1 aliphatic heterocycles. The van der Waals surface area contributed by atoms with Gasteiger partial charge in [0.15, 0.2) is 0 Å². The normalized spacial score (nSPS) is 11.9. The predicted molar refractivity (Wildman–Crippen MR) is 119 cm³/mol. The van der Waals surface area contributed by atoms with Crippen molar-refractivity contribution in [3.05, 3.63) is 88.5 Å². The van der Waals surface area contributed by atoms with Crippen LogP contribution in [0.25, 0.3) is 0 Å². The van der Waals surface area contributed by atoms with E-state index in [1.807, 2.05) is 29.2 Å². The number of ether oxygens (including phenoxy) is 3. The number of methoxy groups -OCH3 is 3. The lowest BCUT2D eigenvalue weighted by atomic mass is 10.1. The quantitative estimate of drug-likeness (QED) is 0.600. The van der Waals surface area contributed by atoms with E-state index in [2.05, 4.69) is 24.0 Å². The number of amides is 1. The summed E-state index contributed by atoms with van der Waals surface area (Å²) in [5.74, 6) is 8.16. The molecule has 1 amide bonds. The highest BCUT2D eigenvalue weighted by molar-refractivity contribution is 5.95. The fraction of sp³-hybridized carbons (Fsp3) is 0.192. The molecule has 31 heavy (non-hydrogen) atoms. The van der Waals surface area contributed by atoms with E-state index in [0.29, 0.717) is 41.5 Å². The van der Waals surface area contributed by atoms with Crippen LogP contribution in [0.5, 0.6) is 17.2 Å². The lowest BCUT2D eigenvalue weighted by Crippen LogP contribution is -2.25. The third kappa shape index (κ3) is 4.34. The van der Waals surface area contributed by atoms with Crippen molar-refractivity contribution in [3.63, 3.8) is 0 Å². The van der Waals surface area contributed by atoms with Gasteiger partial charge in [-0.2, -0.15) is 0 Å². The van der Waals surface area contributed by atoms with Crippen LogP contribution in [0.3, 0.4) is 0 Å². The highest BCUT2D eigenvalue weighted by atomic mass is 16.5. The Morgan fingerprint density at radius 1 is 0.806 bits per heavy atom. The van der Waals surface area contributed by atoms with E-state index in [1.165, 1.54) is 11.1 Å². The van der Waals surface area contributed by atoms with Crippen LogP contribution in [0.4, 0.5) is 0 Å². The Hall–Kier alpha value is -3.91. The maximum atomic E-state index is 13.1. The lowest BCUT2D eigenvalue weighted by Gasteiger charge is -2.16. The number of benzene rings is 3. The number of fused-ring (bicyclic) bond motifs is 1. The smallest absolute Gasteiger partial charge is 0.254 e. The van der Waals surface area contributed by atoms with E-state index >= 15 is 0 Å². The highest BCUT2D eigenvalue weighted by Gasteiger charge is 2.24. The minimum atomic E-state index is -0.0232. The van der Waals surface area contributed by atoms with Gasteiger partial charge in [0.05, 0.1) is 26.9 Å². The van der Waals surface area contributed by atoms with Gasteiger partial charge in [-0.05, 0) is 41.5 Å². The minimum absolute atomic E-state index is 0.0232. The molecule has 0 bridgehead atoms. The first-order valence-electron chi connectivity index (χ1n) is 9.90. The lowest BCUT2D eigenvalue weighted by molar-refractivity contribution is 0.0751. The molecule has 0 fully saturated rings. The molecule has 0 aromatic heterocycles. The molecule has 0 aliphatic carbocycles. The van der Waals surface area contributed by atoms with Crippen molar-refractivity contribution >= 4 is 5.91 Å². The van der Waals surface area contributed by atoms with Crippen LogP contribution < -0.4 is 14.2 Å². The van der Waals surface area contributed by atoms with Gasteiger partial charge in [-0.3, -0.25) is 4.79 Å². The number of carbonyl (C=O) groups is 1. The number of hydrogen-bond acceptors (Lipinski definition) is 4. The molecule has 5 nitrogen and oxygen atoms in total. The molecule has 0 atom stereocenters. The summed E-state index contributed by atoms with van der Waals surface area (Å²) in [6, 6.07) is 18.9. The molecule has 0 saturated heterocycles. The molecule has 0 spiro atoms. The zero-order valence-corrected chi connectivity index (χ0v) is 17.8. The second-order valence-electron chi connectivity index (χ2n) is 7.20. The molecule has 0 saturated carbocycles. The average molecular weight is 413 g/mol. The molecular weight excluding hydrogens is 390 g/mol. The second kappa shape index (κ2) is 8.85. The van der Waals surface area contributed by atoms with Crippen LogP contribution in [-0.4, -0.2) is 32.1 Å². The topological polar surface area (TPSA) is 48.0 Å². The SMILES string of the molecule is COc1cc(C#Cc2cc(C(=O)N3Cc4ccccc4C3)ccc2OC)cc(OC)c1. The molecule has 156 valence electrons. The molecule has 0 N–H and O–H groups in total. The monoisotopic (exact) mass is 413 g/mol. The number of rotatable bonds is 4. The molecule has 4 rings (SSSR count). The Morgan fingerprint density at radius 2 is 1.45 bits per heavy atom. The predicted octanol–water partition coefficient (Wildman–Crippen LogP) is 4.27. The van der Waals surface area contributed by atoms with E-state index in [-0.39, 0.29) is 5.91 Å². The second-order valence-corrected chi connectivity index (χ2v) is 7.20. The first-order valence-corrected chi connectivity index (χ1v) is 9.90. The number of hydrogen-bond donors (Lipinski definition) is 0. The minimum Gasteiger partial charge on any atom is -0.497 e.